The van der Waals surface area contributed by atoms with Gasteiger partial charge in [0.1, 0.15) is 17.4 Å². The Labute approximate surface area is 181 Å². The first-order valence-corrected chi connectivity index (χ1v) is 9.31. The number of carbonyl (C=O) groups is 2. The second kappa shape index (κ2) is 10.3. The lowest BCUT2D eigenvalue weighted by Gasteiger charge is -2.12. The molecule has 9 heteroatoms. The number of halogens is 1. The number of nitrogens with two attached hydrogens (primary N) is 1. The van der Waals surface area contributed by atoms with E-state index in [0.29, 0.717) is 32.1 Å². The maximum atomic E-state index is 12.4. The van der Waals surface area contributed by atoms with E-state index in [1.165, 1.54) is 13.2 Å². The number of primary amides is 1. The van der Waals surface area contributed by atoms with Crippen LogP contribution in [-0.4, -0.2) is 32.6 Å². The second-order valence-electron chi connectivity index (χ2n) is 5.64. The zero-order chi connectivity index (χ0) is 21.4. The molecule has 0 aliphatic heterocycles. The van der Waals surface area contributed by atoms with Crippen LogP contribution in [0.25, 0.3) is 6.08 Å². The molecule has 0 aromatic heterocycles. The predicted molar refractivity (Wildman–Crippen MR) is 116 cm³/mol. The highest BCUT2D eigenvalue weighted by atomic mass is 127. The van der Waals surface area contributed by atoms with E-state index in [1.54, 1.807) is 43.5 Å². The molecule has 2 aromatic carbocycles. The van der Waals surface area contributed by atoms with Crippen molar-refractivity contribution in [3.05, 3.63) is 51.1 Å². The fourth-order valence-electron chi connectivity index (χ4n) is 2.29. The third kappa shape index (κ3) is 6.11. The summed E-state index contributed by atoms with van der Waals surface area (Å²) in [6.07, 6.45) is 1.43. The van der Waals surface area contributed by atoms with Crippen molar-refractivity contribution in [2.75, 3.05) is 26.1 Å². The minimum absolute atomic E-state index is 0.0931. The number of nitriles is 1. The lowest BCUT2D eigenvalue weighted by molar-refractivity contribution is -0.120. The van der Waals surface area contributed by atoms with E-state index in [-0.39, 0.29) is 12.2 Å². The lowest BCUT2D eigenvalue weighted by atomic mass is 10.1. The van der Waals surface area contributed by atoms with Gasteiger partial charge in [-0.3, -0.25) is 9.59 Å². The Morgan fingerprint density at radius 1 is 1.21 bits per heavy atom. The molecule has 0 fully saturated rings. The van der Waals surface area contributed by atoms with E-state index >= 15 is 0 Å². The monoisotopic (exact) mass is 507 g/mol. The molecule has 0 saturated carbocycles. The third-order valence-corrected chi connectivity index (χ3v) is 4.44. The number of nitrogens with zero attached hydrogens (tertiary/aromatic N) is 1. The molecule has 0 aliphatic rings. The Balaban J connectivity index is 2.26. The average Bonchev–Trinajstić information content (AvgIpc) is 2.71. The number of anilines is 1. The molecule has 0 atom stereocenters. The van der Waals surface area contributed by atoms with Gasteiger partial charge in [-0.05, 0) is 70.6 Å². The van der Waals surface area contributed by atoms with Crippen molar-refractivity contribution >= 4 is 46.2 Å². The molecule has 0 bridgehead atoms. The average molecular weight is 507 g/mol. The molecule has 150 valence electrons. The first-order chi connectivity index (χ1) is 13.9. The molecule has 8 nitrogen and oxygen atoms in total. The highest BCUT2D eigenvalue weighted by Gasteiger charge is 2.14. The Morgan fingerprint density at radius 2 is 1.90 bits per heavy atom. The van der Waals surface area contributed by atoms with E-state index in [4.69, 9.17) is 19.9 Å². The van der Waals surface area contributed by atoms with Gasteiger partial charge in [0.15, 0.2) is 18.1 Å². The number of carbonyl (C=O) groups excluding carboxylic acids is 2. The quantitative estimate of drug-likeness (QED) is 0.322. The molecule has 0 saturated heterocycles. The van der Waals surface area contributed by atoms with E-state index in [2.05, 4.69) is 5.32 Å². The second-order valence-corrected chi connectivity index (χ2v) is 6.80. The molecule has 0 radical (unpaired) electrons. The van der Waals surface area contributed by atoms with Crippen molar-refractivity contribution in [3.8, 4) is 23.3 Å². The van der Waals surface area contributed by atoms with Crippen LogP contribution in [0.4, 0.5) is 5.69 Å². The molecular formula is C20H18IN3O5. The number of ether oxygens (including phenoxy) is 3. The SMILES string of the molecule is COc1ccc(NC(=O)/C(C#N)=C/c2cc(I)c(OCC(N)=O)c(OC)c2)cc1. The molecule has 3 N–H and O–H groups in total. The van der Waals surface area contributed by atoms with Gasteiger partial charge in [-0.1, -0.05) is 0 Å². The van der Waals surface area contributed by atoms with Crippen molar-refractivity contribution < 1.29 is 23.8 Å². The highest BCUT2D eigenvalue weighted by molar-refractivity contribution is 14.1. The van der Waals surface area contributed by atoms with E-state index in [0.717, 1.165) is 0 Å². The highest BCUT2D eigenvalue weighted by Crippen LogP contribution is 2.34. The molecule has 0 heterocycles. The number of rotatable bonds is 8. The number of amides is 2. The molecule has 0 spiro atoms. The molecule has 2 rings (SSSR count). The van der Waals surface area contributed by atoms with Crippen molar-refractivity contribution in [3.63, 3.8) is 0 Å². The van der Waals surface area contributed by atoms with Crippen LogP contribution in [0.2, 0.25) is 0 Å². The normalized spacial score (nSPS) is 10.6. The molecule has 2 amide bonds. The minimum Gasteiger partial charge on any atom is -0.497 e. The van der Waals surface area contributed by atoms with Gasteiger partial charge < -0.3 is 25.3 Å². The molecule has 2 aromatic rings. The van der Waals surface area contributed by atoms with Crippen LogP contribution in [0.1, 0.15) is 5.56 Å². The van der Waals surface area contributed by atoms with Gasteiger partial charge in [0, 0.05) is 5.69 Å². The summed E-state index contributed by atoms with van der Waals surface area (Å²) < 4.78 is 16.4. The molecule has 0 aliphatic carbocycles. The minimum atomic E-state index is -0.617. The van der Waals surface area contributed by atoms with E-state index in [9.17, 15) is 14.9 Å². The van der Waals surface area contributed by atoms with Gasteiger partial charge in [0.2, 0.25) is 0 Å². The summed E-state index contributed by atoms with van der Waals surface area (Å²) in [4.78, 5) is 23.4. The van der Waals surface area contributed by atoms with Gasteiger partial charge in [-0.2, -0.15) is 5.26 Å². The summed E-state index contributed by atoms with van der Waals surface area (Å²) in [5, 5.41) is 12.1. The van der Waals surface area contributed by atoms with Gasteiger partial charge in [0.05, 0.1) is 17.8 Å². The van der Waals surface area contributed by atoms with E-state index in [1.807, 2.05) is 28.7 Å². The van der Waals surface area contributed by atoms with Gasteiger partial charge in [0.25, 0.3) is 11.8 Å². The number of nitrogens with one attached hydrogen (secondary N) is 1. The number of benzene rings is 2. The number of methoxy groups -OCH3 is 2. The van der Waals surface area contributed by atoms with E-state index < -0.39 is 11.8 Å². The Hall–Kier alpha value is -3.26. The topological polar surface area (TPSA) is 124 Å². The first-order valence-electron chi connectivity index (χ1n) is 8.23. The Bertz CT molecular complexity index is 981. The van der Waals surface area contributed by atoms with Crippen LogP contribution in [0, 0.1) is 14.9 Å². The first kappa shape index (κ1) is 22.0. The lowest BCUT2D eigenvalue weighted by Crippen LogP contribution is -2.20. The Morgan fingerprint density at radius 3 is 2.45 bits per heavy atom. The molecule has 0 unspecified atom stereocenters. The van der Waals surface area contributed by atoms with Gasteiger partial charge >= 0.3 is 0 Å². The summed E-state index contributed by atoms with van der Waals surface area (Å²) in [6, 6.07) is 11.9. The fourth-order valence-corrected chi connectivity index (χ4v) is 3.08. The zero-order valence-electron chi connectivity index (χ0n) is 15.7. The molecular weight excluding hydrogens is 489 g/mol. The van der Waals surface area contributed by atoms with Crippen LogP contribution in [0.15, 0.2) is 42.0 Å². The third-order valence-electron chi connectivity index (χ3n) is 3.63. The summed E-state index contributed by atoms with van der Waals surface area (Å²) in [5.74, 6) is 0.177. The van der Waals surface area contributed by atoms with Crippen LogP contribution in [-0.2, 0) is 9.59 Å². The van der Waals surface area contributed by atoms with Crippen molar-refractivity contribution in [1.82, 2.24) is 0 Å². The summed E-state index contributed by atoms with van der Waals surface area (Å²) in [5.41, 5.74) is 6.09. The number of hydrogen-bond acceptors (Lipinski definition) is 6. The molecule has 29 heavy (non-hydrogen) atoms. The maximum absolute atomic E-state index is 12.4. The Kier molecular flexibility index (Phi) is 7.85. The fraction of sp³-hybridized carbons (Fsp3) is 0.150. The summed E-state index contributed by atoms with van der Waals surface area (Å²) in [7, 11) is 2.99. The summed E-state index contributed by atoms with van der Waals surface area (Å²) in [6.45, 7) is -0.296. The standard InChI is InChI=1S/C20H18IN3O5/c1-27-15-5-3-14(4-6-15)24-20(26)13(10-22)7-12-8-16(21)19(17(9-12)28-2)29-11-18(23)25/h3-9H,11H2,1-2H3,(H2,23,25)(H,24,26)/b13-7+. The van der Waals surface area contributed by atoms with Gasteiger partial charge in [-0.15, -0.1) is 0 Å². The zero-order valence-corrected chi connectivity index (χ0v) is 17.8. The van der Waals surface area contributed by atoms with Crippen LogP contribution in [0.5, 0.6) is 17.2 Å². The van der Waals surface area contributed by atoms with Gasteiger partial charge in [-0.25, -0.2) is 0 Å². The van der Waals surface area contributed by atoms with Crippen LogP contribution in [0.3, 0.4) is 0 Å². The van der Waals surface area contributed by atoms with Crippen LogP contribution < -0.4 is 25.3 Å². The maximum Gasteiger partial charge on any atom is 0.266 e. The largest absolute Gasteiger partial charge is 0.497 e. The van der Waals surface area contributed by atoms with Crippen LogP contribution >= 0.6 is 22.6 Å². The summed E-state index contributed by atoms with van der Waals surface area (Å²) >= 11 is 2.00. The number of hydrogen-bond donors (Lipinski definition) is 2. The smallest absolute Gasteiger partial charge is 0.266 e. The van der Waals surface area contributed by atoms with Crippen molar-refractivity contribution in [2.24, 2.45) is 5.73 Å². The predicted octanol–water partition coefficient (Wildman–Crippen LogP) is 2.72. The van der Waals surface area contributed by atoms with Crippen molar-refractivity contribution in [2.45, 2.75) is 0 Å². The van der Waals surface area contributed by atoms with Crippen molar-refractivity contribution in [1.29, 1.82) is 5.26 Å².